The van der Waals surface area contributed by atoms with Gasteiger partial charge < -0.3 is 10.1 Å². The maximum absolute atomic E-state index is 13.3. The summed E-state index contributed by atoms with van der Waals surface area (Å²) < 4.78 is 18.8. The predicted octanol–water partition coefficient (Wildman–Crippen LogP) is 3.11. The van der Waals surface area contributed by atoms with E-state index in [1.165, 1.54) is 6.07 Å². The Balaban J connectivity index is 1.89. The van der Waals surface area contributed by atoms with Crippen molar-refractivity contribution in [3.05, 3.63) is 29.6 Å². The summed E-state index contributed by atoms with van der Waals surface area (Å²) in [7, 11) is 0. The van der Waals surface area contributed by atoms with Gasteiger partial charge in [0.2, 0.25) is 0 Å². The van der Waals surface area contributed by atoms with Gasteiger partial charge >= 0.3 is 0 Å². The molecule has 2 rings (SSSR count). The fourth-order valence-electron chi connectivity index (χ4n) is 2.04. The second kappa shape index (κ2) is 4.83. The lowest BCUT2D eigenvalue weighted by Gasteiger charge is -2.36. The van der Waals surface area contributed by atoms with Crippen LogP contribution in [0.25, 0.3) is 0 Å². The molecular weight excluding hydrogens is 205 g/mol. The fourth-order valence-corrected chi connectivity index (χ4v) is 2.04. The molecule has 2 nitrogen and oxygen atoms in total. The predicted molar refractivity (Wildman–Crippen MR) is 63.2 cm³/mol. The van der Waals surface area contributed by atoms with Gasteiger partial charge in [-0.1, -0.05) is 6.07 Å². The third-order valence-electron chi connectivity index (χ3n) is 3.12. The average Bonchev–Trinajstić information content (AvgIpc) is 2.21. The van der Waals surface area contributed by atoms with Crippen molar-refractivity contribution in [1.82, 2.24) is 0 Å². The Morgan fingerprint density at radius 1 is 1.44 bits per heavy atom. The topological polar surface area (TPSA) is 21.3 Å². The lowest BCUT2D eigenvalue weighted by atomic mass is 9.89. The summed E-state index contributed by atoms with van der Waals surface area (Å²) in [4.78, 5) is 0. The van der Waals surface area contributed by atoms with Gasteiger partial charge in [0.25, 0.3) is 0 Å². The summed E-state index contributed by atoms with van der Waals surface area (Å²) in [6.45, 7) is 4.59. The van der Waals surface area contributed by atoms with Gasteiger partial charge in [0.15, 0.2) is 0 Å². The van der Waals surface area contributed by atoms with Crippen molar-refractivity contribution >= 4 is 5.69 Å². The molecule has 0 amide bonds. The van der Waals surface area contributed by atoms with Crippen LogP contribution < -0.4 is 5.32 Å². The molecule has 1 N–H and O–H groups in total. The minimum atomic E-state index is -0.148. The zero-order valence-corrected chi connectivity index (χ0v) is 9.79. The number of benzene rings is 1. The molecule has 0 unspecified atom stereocenters. The standard InChI is InChI=1S/C13H18FNO/c1-3-16-11-7-10(8-11)15-13-6-4-5-12(14)9(13)2/h4-6,10-11,15H,3,7-8H2,1-2H3. The normalized spacial score (nSPS) is 23.9. The van der Waals surface area contributed by atoms with Crippen LogP contribution in [-0.4, -0.2) is 18.8 Å². The Kier molecular flexibility index (Phi) is 3.44. The first kappa shape index (κ1) is 11.4. The number of rotatable bonds is 4. The minimum Gasteiger partial charge on any atom is -0.382 e. The molecule has 0 heterocycles. The number of anilines is 1. The number of hydrogen-bond donors (Lipinski definition) is 1. The molecule has 1 aliphatic rings. The fraction of sp³-hybridized carbons (Fsp3) is 0.538. The van der Waals surface area contributed by atoms with Crippen molar-refractivity contribution in [2.75, 3.05) is 11.9 Å². The van der Waals surface area contributed by atoms with Crippen LogP contribution in [0.1, 0.15) is 25.3 Å². The lowest BCUT2D eigenvalue weighted by molar-refractivity contribution is 0.00298. The van der Waals surface area contributed by atoms with E-state index in [2.05, 4.69) is 5.32 Å². The molecule has 0 aromatic heterocycles. The zero-order valence-electron chi connectivity index (χ0n) is 9.79. The van der Waals surface area contributed by atoms with Gasteiger partial charge in [0.05, 0.1) is 6.10 Å². The largest absolute Gasteiger partial charge is 0.382 e. The van der Waals surface area contributed by atoms with Crippen molar-refractivity contribution in [3.63, 3.8) is 0 Å². The maximum Gasteiger partial charge on any atom is 0.128 e. The zero-order chi connectivity index (χ0) is 11.5. The molecular formula is C13H18FNO. The summed E-state index contributed by atoms with van der Waals surface area (Å²) in [6.07, 6.45) is 2.42. The molecule has 1 saturated carbocycles. The molecule has 0 bridgehead atoms. The monoisotopic (exact) mass is 223 g/mol. The van der Waals surface area contributed by atoms with Gasteiger partial charge in [-0.25, -0.2) is 4.39 Å². The highest BCUT2D eigenvalue weighted by atomic mass is 19.1. The van der Waals surface area contributed by atoms with Crippen molar-refractivity contribution in [2.45, 2.75) is 38.8 Å². The first-order valence-electron chi connectivity index (χ1n) is 5.84. The van der Waals surface area contributed by atoms with Gasteiger partial charge in [-0.15, -0.1) is 0 Å². The first-order chi connectivity index (χ1) is 7.70. The molecule has 0 spiro atoms. The van der Waals surface area contributed by atoms with Crippen LogP contribution in [0.2, 0.25) is 0 Å². The third kappa shape index (κ3) is 2.35. The molecule has 3 heteroatoms. The summed E-state index contributed by atoms with van der Waals surface area (Å²) in [5.41, 5.74) is 1.60. The van der Waals surface area contributed by atoms with E-state index in [1.807, 2.05) is 13.0 Å². The van der Waals surface area contributed by atoms with Crippen molar-refractivity contribution < 1.29 is 9.13 Å². The maximum atomic E-state index is 13.3. The summed E-state index contributed by atoms with van der Waals surface area (Å²) in [5, 5.41) is 3.36. The van der Waals surface area contributed by atoms with E-state index in [0.29, 0.717) is 17.7 Å². The van der Waals surface area contributed by atoms with Gasteiger partial charge in [-0.3, -0.25) is 0 Å². The van der Waals surface area contributed by atoms with Gasteiger partial charge in [0.1, 0.15) is 5.82 Å². The van der Waals surface area contributed by atoms with E-state index in [1.54, 1.807) is 13.0 Å². The van der Waals surface area contributed by atoms with Gasteiger partial charge in [-0.05, 0) is 38.8 Å². The molecule has 16 heavy (non-hydrogen) atoms. The van der Waals surface area contributed by atoms with Crippen LogP contribution in [0, 0.1) is 12.7 Å². The van der Waals surface area contributed by atoms with Gasteiger partial charge in [-0.2, -0.15) is 0 Å². The number of hydrogen-bond acceptors (Lipinski definition) is 2. The van der Waals surface area contributed by atoms with E-state index in [0.717, 1.165) is 25.1 Å². The highest BCUT2D eigenvalue weighted by molar-refractivity contribution is 5.52. The van der Waals surface area contributed by atoms with Crippen LogP contribution in [0.15, 0.2) is 18.2 Å². The Morgan fingerprint density at radius 2 is 2.19 bits per heavy atom. The van der Waals surface area contributed by atoms with Crippen molar-refractivity contribution in [3.8, 4) is 0 Å². The van der Waals surface area contributed by atoms with E-state index < -0.39 is 0 Å². The second-order valence-corrected chi connectivity index (χ2v) is 4.30. The van der Waals surface area contributed by atoms with Crippen LogP contribution in [-0.2, 0) is 4.74 Å². The number of nitrogens with one attached hydrogen (secondary N) is 1. The van der Waals surface area contributed by atoms with Crippen molar-refractivity contribution in [2.24, 2.45) is 0 Å². The Labute approximate surface area is 95.8 Å². The Hall–Kier alpha value is -1.09. The Bertz CT molecular complexity index is 361. The highest BCUT2D eigenvalue weighted by Gasteiger charge is 2.29. The average molecular weight is 223 g/mol. The molecule has 0 atom stereocenters. The SMILES string of the molecule is CCOC1CC(Nc2cccc(F)c2C)C1. The van der Waals surface area contributed by atoms with E-state index >= 15 is 0 Å². The van der Waals surface area contributed by atoms with E-state index in [4.69, 9.17) is 4.74 Å². The minimum absolute atomic E-state index is 0.148. The summed E-state index contributed by atoms with van der Waals surface area (Å²) in [6, 6.07) is 5.58. The lowest BCUT2D eigenvalue weighted by Crippen LogP contribution is -2.41. The third-order valence-corrected chi connectivity index (χ3v) is 3.12. The molecule has 0 radical (unpaired) electrons. The highest BCUT2D eigenvalue weighted by Crippen LogP contribution is 2.28. The second-order valence-electron chi connectivity index (χ2n) is 4.30. The molecule has 1 aliphatic carbocycles. The summed E-state index contributed by atoms with van der Waals surface area (Å²) >= 11 is 0. The number of halogens is 1. The van der Waals surface area contributed by atoms with Crippen LogP contribution >= 0.6 is 0 Å². The number of ether oxygens (including phenoxy) is 1. The smallest absolute Gasteiger partial charge is 0.128 e. The molecule has 88 valence electrons. The molecule has 1 aromatic carbocycles. The quantitative estimate of drug-likeness (QED) is 0.846. The van der Waals surface area contributed by atoms with Crippen LogP contribution in [0.3, 0.4) is 0 Å². The van der Waals surface area contributed by atoms with Crippen LogP contribution in [0.4, 0.5) is 10.1 Å². The molecule has 0 saturated heterocycles. The molecule has 1 fully saturated rings. The van der Waals surface area contributed by atoms with Crippen LogP contribution in [0.5, 0.6) is 0 Å². The molecule has 1 aromatic rings. The Morgan fingerprint density at radius 3 is 2.88 bits per heavy atom. The van der Waals surface area contributed by atoms with Crippen molar-refractivity contribution in [1.29, 1.82) is 0 Å². The van der Waals surface area contributed by atoms with E-state index in [-0.39, 0.29) is 5.82 Å². The first-order valence-corrected chi connectivity index (χ1v) is 5.84. The van der Waals surface area contributed by atoms with Gasteiger partial charge in [0, 0.05) is 23.9 Å². The van der Waals surface area contributed by atoms with E-state index in [9.17, 15) is 4.39 Å². The summed E-state index contributed by atoms with van der Waals surface area (Å²) in [5.74, 6) is -0.148. The molecule has 0 aliphatic heterocycles.